The number of Topliss-reactive ketones (excluding diaryl/α,β-unsaturated/α-hetero) is 1. The smallest absolute Gasteiger partial charge is 0.265 e. The van der Waals surface area contributed by atoms with Crippen molar-refractivity contribution < 1.29 is 13.9 Å². The number of nitrogens with zero attached hydrogens (tertiary/aromatic N) is 1. The van der Waals surface area contributed by atoms with Crippen molar-refractivity contribution in [2.45, 2.75) is 0 Å². The van der Waals surface area contributed by atoms with Crippen molar-refractivity contribution in [3.8, 4) is 5.75 Å². The first-order valence-electron chi connectivity index (χ1n) is 4.29. The van der Waals surface area contributed by atoms with E-state index in [0.717, 1.165) is 0 Å². The number of ketones is 1. The highest BCUT2D eigenvalue weighted by atomic mass is 79.9. The van der Waals surface area contributed by atoms with Crippen molar-refractivity contribution >= 4 is 32.8 Å². The van der Waals surface area contributed by atoms with E-state index in [2.05, 4.69) is 20.9 Å². The summed E-state index contributed by atoms with van der Waals surface area (Å²) in [6.45, 7) is 0. The third-order valence-corrected chi connectivity index (χ3v) is 2.47. The van der Waals surface area contributed by atoms with E-state index in [4.69, 9.17) is 9.15 Å². The fraction of sp³-hybridized carbons (Fsp3) is 0.200. The zero-order valence-electron chi connectivity index (χ0n) is 7.99. The maximum atomic E-state index is 11.3. The summed E-state index contributed by atoms with van der Waals surface area (Å²) in [6.07, 6.45) is 0. The van der Waals surface area contributed by atoms with E-state index in [1.165, 1.54) is 0 Å². The summed E-state index contributed by atoms with van der Waals surface area (Å²) in [6, 6.07) is 5.33. The quantitative estimate of drug-likeness (QED) is 0.634. The summed E-state index contributed by atoms with van der Waals surface area (Å²) in [5, 5.41) is 0.197. The molecule has 4 nitrogen and oxygen atoms in total. The Morgan fingerprint density at radius 2 is 2.40 bits per heavy atom. The molecular weight excluding hydrogens is 262 g/mol. The Balaban J connectivity index is 2.60. The molecule has 1 heterocycles. The number of ether oxygens (including phenoxy) is 1. The lowest BCUT2D eigenvalue weighted by Crippen LogP contribution is -1.99. The second kappa shape index (κ2) is 4.02. The third-order valence-electron chi connectivity index (χ3n) is 1.96. The van der Waals surface area contributed by atoms with Gasteiger partial charge in [0.15, 0.2) is 11.3 Å². The van der Waals surface area contributed by atoms with Crippen molar-refractivity contribution in [3.63, 3.8) is 0 Å². The Bertz CT molecular complexity index is 506. The molecule has 0 spiro atoms. The highest BCUT2D eigenvalue weighted by molar-refractivity contribution is 9.09. The number of alkyl halides is 1. The molecule has 0 N–H and O–H groups in total. The molecule has 5 heteroatoms. The summed E-state index contributed by atoms with van der Waals surface area (Å²) >= 11 is 3.06. The number of aromatic nitrogens is 1. The Labute approximate surface area is 94.4 Å². The van der Waals surface area contributed by atoms with Gasteiger partial charge in [0.1, 0.15) is 5.52 Å². The van der Waals surface area contributed by atoms with Crippen LogP contribution >= 0.6 is 15.9 Å². The lowest BCUT2D eigenvalue weighted by Gasteiger charge is -1.97. The predicted molar refractivity (Wildman–Crippen MR) is 58.7 cm³/mol. The summed E-state index contributed by atoms with van der Waals surface area (Å²) in [5.74, 6) is 0.494. The third kappa shape index (κ3) is 1.74. The first-order chi connectivity index (χ1) is 7.26. The molecule has 1 aromatic carbocycles. The van der Waals surface area contributed by atoms with Crippen molar-refractivity contribution in [2.24, 2.45) is 0 Å². The van der Waals surface area contributed by atoms with Gasteiger partial charge in [0.2, 0.25) is 5.78 Å². The van der Waals surface area contributed by atoms with Crippen LogP contribution in [-0.2, 0) is 0 Å². The summed E-state index contributed by atoms with van der Waals surface area (Å²) in [5.41, 5.74) is 1.13. The van der Waals surface area contributed by atoms with E-state index in [1.807, 2.05) is 0 Å². The van der Waals surface area contributed by atoms with Crippen LogP contribution in [0, 0.1) is 0 Å². The molecule has 0 aliphatic carbocycles. The topological polar surface area (TPSA) is 52.3 Å². The van der Waals surface area contributed by atoms with Gasteiger partial charge in [-0.25, -0.2) is 4.98 Å². The highest BCUT2D eigenvalue weighted by Crippen LogP contribution is 2.26. The molecule has 15 heavy (non-hydrogen) atoms. The van der Waals surface area contributed by atoms with Crippen molar-refractivity contribution in [2.75, 3.05) is 12.4 Å². The zero-order chi connectivity index (χ0) is 10.8. The normalized spacial score (nSPS) is 10.5. The van der Waals surface area contributed by atoms with Gasteiger partial charge in [-0.15, -0.1) is 0 Å². The second-order valence-electron chi connectivity index (χ2n) is 2.88. The maximum Gasteiger partial charge on any atom is 0.265 e. The minimum Gasteiger partial charge on any atom is -0.493 e. The molecule has 0 bridgehead atoms. The number of rotatable bonds is 3. The maximum absolute atomic E-state index is 11.3. The fourth-order valence-corrected chi connectivity index (χ4v) is 1.50. The Morgan fingerprint density at radius 1 is 1.60 bits per heavy atom. The van der Waals surface area contributed by atoms with E-state index in [1.54, 1.807) is 25.3 Å². The molecule has 0 aliphatic rings. The van der Waals surface area contributed by atoms with E-state index < -0.39 is 0 Å². The first kappa shape index (κ1) is 10.2. The van der Waals surface area contributed by atoms with E-state index in [0.29, 0.717) is 16.8 Å². The highest BCUT2D eigenvalue weighted by Gasteiger charge is 2.15. The number of oxazole rings is 1. The van der Waals surface area contributed by atoms with Crippen molar-refractivity contribution in [3.05, 3.63) is 24.1 Å². The number of hydrogen-bond acceptors (Lipinski definition) is 4. The van der Waals surface area contributed by atoms with Crippen LogP contribution in [-0.4, -0.2) is 23.2 Å². The number of carbonyl (C=O) groups is 1. The standard InChI is InChI=1S/C10H8BrNO3/c1-14-8-4-2-3-6-9(8)15-10(12-6)7(13)5-11/h2-4H,5H2,1H3. The molecule has 0 fully saturated rings. The number of hydrogen-bond donors (Lipinski definition) is 0. The van der Waals surface area contributed by atoms with Gasteiger partial charge in [0.05, 0.1) is 12.4 Å². The van der Waals surface area contributed by atoms with Crippen LogP contribution in [0.2, 0.25) is 0 Å². The molecule has 1 aromatic heterocycles. The number of halogens is 1. The van der Waals surface area contributed by atoms with Gasteiger partial charge >= 0.3 is 0 Å². The molecule has 78 valence electrons. The van der Waals surface area contributed by atoms with Crippen LogP contribution in [0.3, 0.4) is 0 Å². The van der Waals surface area contributed by atoms with E-state index in [-0.39, 0.29) is 17.0 Å². The molecule has 0 unspecified atom stereocenters. The molecular formula is C10H8BrNO3. The number of methoxy groups -OCH3 is 1. The second-order valence-corrected chi connectivity index (χ2v) is 3.45. The SMILES string of the molecule is COc1cccc2nc(C(=O)CBr)oc12. The summed E-state index contributed by atoms with van der Waals surface area (Å²) in [4.78, 5) is 15.4. The summed E-state index contributed by atoms with van der Waals surface area (Å²) < 4.78 is 10.4. The molecule has 2 rings (SSSR count). The minimum absolute atomic E-state index is 0.103. The average Bonchev–Trinajstić information content (AvgIpc) is 2.71. The Morgan fingerprint density at radius 3 is 3.07 bits per heavy atom. The van der Waals surface area contributed by atoms with Crippen LogP contribution in [0.4, 0.5) is 0 Å². The largest absolute Gasteiger partial charge is 0.493 e. The first-order valence-corrected chi connectivity index (χ1v) is 5.41. The van der Waals surface area contributed by atoms with Gasteiger partial charge in [-0.3, -0.25) is 4.79 Å². The van der Waals surface area contributed by atoms with Crippen LogP contribution < -0.4 is 4.74 Å². The average molecular weight is 270 g/mol. The van der Waals surface area contributed by atoms with Crippen LogP contribution in [0.25, 0.3) is 11.1 Å². The van der Waals surface area contributed by atoms with Gasteiger partial charge in [-0.1, -0.05) is 22.0 Å². The van der Waals surface area contributed by atoms with Gasteiger partial charge in [0.25, 0.3) is 5.89 Å². The van der Waals surface area contributed by atoms with Gasteiger partial charge in [0, 0.05) is 0 Å². The molecule has 0 radical (unpaired) electrons. The molecule has 0 saturated carbocycles. The number of carbonyl (C=O) groups excluding carboxylic acids is 1. The van der Waals surface area contributed by atoms with Gasteiger partial charge in [-0.2, -0.15) is 0 Å². The monoisotopic (exact) mass is 269 g/mol. The number of para-hydroxylation sites is 1. The number of benzene rings is 1. The zero-order valence-corrected chi connectivity index (χ0v) is 9.58. The molecule has 0 saturated heterocycles. The Kier molecular flexibility index (Phi) is 2.73. The van der Waals surface area contributed by atoms with Crippen molar-refractivity contribution in [1.29, 1.82) is 0 Å². The van der Waals surface area contributed by atoms with Crippen LogP contribution in [0.1, 0.15) is 10.7 Å². The summed E-state index contributed by atoms with van der Waals surface area (Å²) in [7, 11) is 1.54. The van der Waals surface area contributed by atoms with Crippen LogP contribution in [0.5, 0.6) is 5.75 Å². The number of fused-ring (bicyclic) bond motifs is 1. The fourth-order valence-electron chi connectivity index (χ4n) is 1.26. The lowest BCUT2D eigenvalue weighted by molar-refractivity contribution is 0.0989. The van der Waals surface area contributed by atoms with Crippen LogP contribution in [0.15, 0.2) is 22.6 Å². The molecule has 0 atom stereocenters. The predicted octanol–water partition coefficient (Wildman–Crippen LogP) is 2.41. The molecule has 2 aromatic rings. The minimum atomic E-state index is -0.187. The van der Waals surface area contributed by atoms with E-state index in [9.17, 15) is 4.79 Å². The Hall–Kier alpha value is -1.36. The lowest BCUT2D eigenvalue weighted by atomic mass is 10.3. The van der Waals surface area contributed by atoms with Gasteiger partial charge in [-0.05, 0) is 12.1 Å². The molecule has 0 aliphatic heterocycles. The molecule has 0 amide bonds. The van der Waals surface area contributed by atoms with Gasteiger partial charge < -0.3 is 9.15 Å². The van der Waals surface area contributed by atoms with E-state index >= 15 is 0 Å². The van der Waals surface area contributed by atoms with Crippen molar-refractivity contribution in [1.82, 2.24) is 4.98 Å².